The lowest BCUT2D eigenvalue weighted by Gasteiger charge is -2.15. The van der Waals surface area contributed by atoms with E-state index in [0.29, 0.717) is 10.8 Å². The minimum absolute atomic E-state index is 0.0990. The van der Waals surface area contributed by atoms with Crippen LogP contribution >= 0.6 is 11.3 Å². The summed E-state index contributed by atoms with van der Waals surface area (Å²) in [6.07, 6.45) is 0.824. The molecule has 4 nitrogen and oxygen atoms in total. The molecule has 0 radical (unpaired) electrons. The fourth-order valence-electron chi connectivity index (χ4n) is 1.26. The molecule has 6 heteroatoms. The van der Waals surface area contributed by atoms with Crippen LogP contribution < -0.4 is 0 Å². The first-order valence-corrected chi connectivity index (χ1v) is 7.27. The van der Waals surface area contributed by atoms with Crippen molar-refractivity contribution in [2.75, 3.05) is 13.1 Å². The van der Waals surface area contributed by atoms with Crippen molar-refractivity contribution in [1.82, 2.24) is 4.31 Å². The molecule has 0 unspecified atom stereocenters. The zero-order valence-electron chi connectivity index (χ0n) is 9.30. The van der Waals surface area contributed by atoms with E-state index in [1.54, 1.807) is 13.0 Å². The molecular formula is C10H14N2O2S2. The Morgan fingerprint density at radius 2 is 2.12 bits per heavy atom. The van der Waals surface area contributed by atoms with Crippen LogP contribution in [0.5, 0.6) is 0 Å². The summed E-state index contributed by atoms with van der Waals surface area (Å²) in [5.41, 5.74) is 0. The van der Waals surface area contributed by atoms with E-state index >= 15 is 0 Å². The van der Waals surface area contributed by atoms with Gasteiger partial charge in [-0.2, -0.15) is 9.57 Å². The fourth-order valence-corrected chi connectivity index (χ4v) is 4.06. The summed E-state index contributed by atoms with van der Waals surface area (Å²) in [4.78, 5) is 1.03. The molecule has 1 rings (SSSR count). The van der Waals surface area contributed by atoms with Crippen LogP contribution in [0, 0.1) is 11.3 Å². The second-order valence-electron chi connectivity index (χ2n) is 3.16. The second-order valence-corrected chi connectivity index (χ2v) is 6.50. The average molecular weight is 258 g/mol. The van der Waals surface area contributed by atoms with Crippen LogP contribution in [0.25, 0.3) is 0 Å². The van der Waals surface area contributed by atoms with Crippen LogP contribution in [0.4, 0.5) is 0 Å². The maximum absolute atomic E-state index is 12.1. The predicted octanol–water partition coefficient (Wildman–Crippen LogP) is 1.84. The first-order chi connectivity index (χ1) is 7.56. The number of aryl methyl sites for hydroxylation is 1. The van der Waals surface area contributed by atoms with Crippen molar-refractivity contribution in [2.24, 2.45) is 0 Å². The largest absolute Gasteiger partial charge is 0.253 e. The number of nitrogens with zero attached hydrogens (tertiary/aromatic N) is 2. The Bertz CT molecular complexity index is 485. The van der Waals surface area contributed by atoms with E-state index in [2.05, 4.69) is 0 Å². The van der Waals surface area contributed by atoms with Crippen LogP contribution in [0.3, 0.4) is 0 Å². The quantitative estimate of drug-likeness (QED) is 0.757. The van der Waals surface area contributed by atoms with Crippen molar-refractivity contribution in [3.8, 4) is 6.07 Å². The zero-order chi connectivity index (χ0) is 12.2. The van der Waals surface area contributed by atoms with Gasteiger partial charge in [0.05, 0.1) is 6.07 Å². The molecule has 0 amide bonds. The lowest BCUT2D eigenvalue weighted by Crippen LogP contribution is -2.30. The SMILES string of the molecule is CCc1ccc(S(=O)(=O)N(CC)CC#N)s1. The van der Waals surface area contributed by atoms with Crippen LogP contribution in [0.1, 0.15) is 18.7 Å². The van der Waals surface area contributed by atoms with Crippen LogP contribution in [0.2, 0.25) is 0 Å². The number of thiophene rings is 1. The average Bonchev–Trinajstić information content (AvgIpc) is 2.74. The van der Waals surface area contributed by atoms with E-state index in [1.165, 1.54) is 15.6 Å². The minimum atomic E-state index is -3.47. The Hall–Kier alpha value is -0.900. The van der Waals surface area contributed by atoms with Gasteiger partial charge in [0.25, 0.3) is 10.0 Å². The molecule has 1 aromatic rings. The molecule has 1 aromatic heterocycles. The summed E-state index contributed by atoms with van der Waals surface area (Å²) in [5.74, 6) is 0. The molecule has 0 saturated heterocycles. The summed E-state index contributed by atoms with van der Waals surface area (Å²) in [6, 6.07) is 5.29. The third kappa shape index (κ3) is 2.61. The molecule has 0 N–H and O–H groups in total. The topological polar surface area (TPSA) is 61.2 Å². The maximum Gasteiger partial charge on any atom is 0.253 e. The van der Waals surface area contributed by atoms with E-state index in [9.17, 15) is 8.42 Å². The Kier molecular flexibility index (Phi) is 4.47. The van der Waals surface area contributed by atoms with Crippen LogP contribution in [-0.4, -0.2) is 25.8 Å². The third-order valence-corrected chi connectivity index (χ3v) is 5.80. The van der Waals surface area contributed by atoms with Gasteiger partial charge in [0.2, 0.25) is 0 Å². The first-order valence-electron chi connectivity index (χ1n) is 5.02. The van der Waals surface area contributed by atoms with E-state index in [4.69, 9.17) is 5.26 Å². The number of nitriles is 1. The molecule has 0 bridgehead atoms. The van der Waals surface area contributed by atoms with Crippen molar-refractivity contribution in [2.45, 2.75) is 24.5 Å². The van der Waals surface area contributed by atoms with E-state index in [-0.39, 0.29) is 6.54 Å². The van der Waals surface area contributed by atoms with E-state index in [0.717, 1.165) is 11.3 Å². The number of rotatable bonds is 5. The minimum Gasteiger partial charge on any atom is -0.206 e. The fraction of sp³-hybridized carbons (Fsp3) is 0.500. The molecule has 0 aliphatic carbocycles. The van der Waals surface area contributed by atoms with Gasteiger partial charge in [0.1, 0.15) is 10.8 Å². The molecule has 0 aliphatic heterocycles. The summed E-state index contributed by atoms with van der Waals surface area (Å²) < 4.78 is 25.6. The Morgan fingerprint density at radius 3 is 2.56 bits per heavy atom. The van der Waals surface area contributed by atoms with Gasteiger partial charge in [-0.15, -0.1) is 11.3 Å². The number of hydrogen-bond acceptors (Lipinski definition) is 4. The van der Waals surface area contributed by atoms with Gasteiger partial charge in [0.15, 0.2) is 0 Å². The first kappa shape index (κ1) is 13.2. The molecule has 0 aliphatic rings. The van der Waals surface area contributed by atoms with Crippen LogP contribution in [-0.2, 0) is 16.4 Å². The Balaban J connectivity index is 3.05. The van der Waals surface area contributed by atoms with Crippen molar-refractivity contribution >= 4 is 21.4 Å². The van der Waals surface area contributed by atoms with E-state index < -0.39 is 10.0 Å². The highest BCUT2D eigenvalue weighted by molar-refractivity contribution is 7.91. The van der Waals surface area contributed by atoms with Gasteiger partial charge >= 0.3 is 0 Å². The summed E-state index contributed by atoms with van der Waals surface area (Å²) in [7, 11) is -3.47. The number of hydrogen-bond donors (Lipinski definition) is 0. The highest BCUT2D eigenvalue weighted by atomic mass is 32.2. The molecule has 0 atom stereocenters. The Morgan fingerprint density at radius 1 is 1.44 bits per heavy atom. The van der Waals surface area contributed by atoms with Crippen molar-refractivity contribution in [1.29, 1.82) is 5.26 Å². The van der Waals surface area contributed by atoms with Gasteiger partial charge in [-0.1, -0.05) is 13.8 Å². The Labute approximate surface area is 100 Å². The summed E-state index contributed by atoms with van der Waals surface area (Å²) >= 11 is 1.27. The molecule has 1 heterocycles. The molecule has 88 valence electrons. The highest BCUT2D eigenvalue weighted by Crippen LogP contribution is 2.24. The van der Waals surface area contributed by atoms with Crippen molar-refractivity contribution in [3.63, 3.8) is 0 Å². The smallest absolute Gasteiger partial charge is 0.206 e. The normalized spacial score (nSPS) is 11.6. The standard InChI is InChI=1S/C10H14N2O2S2/c1-3-9-5-6-10(15-9)16(13,14)12(4-2)8-7-11/h5-6H,3-4,8H2,1-2H3. The third-order valence-electron chi connectivity index (χ3n) is 2.18. The zero-order valence-corrected chi connectivity index (χ0v) is 10.9. The van der Waals surface area contributed by atoms with Gasteiger partial charge in [-0.3, -0.25) is 0 Å². The molecule has 0 spiro atoms. The summed E-state index contributed by atoms with van der Waals surface area (Å²) in [6.45, 7) is 3.92. The molecular weight excluding hydrogens is 244 g/mol. The van der Waals surface area contributed by atoms with Crippen LogP contribution in [0.15, 0.2) is 16.3 Å². The van der Waals surface area contributed by atoms with Gasteiger partial charge in [-0.05, 0) is 18.6 Å². The van der Waals surface area contributed by atoms with Crippen molar-refractivity contribution < 1.29 is 8.42 Å². The molecule has 0 fully saturated rings. The lowest BCUT2D eigenvalue weighted by atomic mass is 10.4. The second kappa shape index (κ2) is 5.43. The highest BCUT2D eigenvalue weighted by Gasteiger charge is 2.24. The molecule has 16 heavy (non-hydrogen) atoms. The lowest BCUT2D eigenvalue weighted by molar-refractivity contribution is 0.464. The van der Waals surface area contributed by atoms with Gasteiger partial charge in [0, 0.05) is 11.4 Å². The van der Waals surface area contributed by atoms with Crippen molar-refractivity contribution in [3.05, 3.63) is 17.0 Å². The van der Waals surface area contributed by atoms with Gasteiger partial charge < -0.3 is 0 Å². The van der Waals surface area contributed by atoms with Gasteiger partial charge in [-0.25, -0.2) is 8.42 Å². The molecule has 0 saturated carbocycles. The monoisotopic (exact) mass is 258 g/mol. The maximum atomic E-state index is 12.1. The van der Waals surface area contributed by atoms with E-state index in [1.807, 2.05) is 19.1 Å². The predicted molar refractivity (Wildman–Crippen MR) is 63.7 cm³/mol. The summed E-state index contributed by atoms with van der Waals surface area (Å²) in [5, 5.41) is 8.58. The molecule has 0 aromatic carbocycles. The number of sulfonamides is 1.